The number of nitrogens with one attached hydrogen (secondary N) is 2. The van der Waals surface area contributed by atoms with Gasteiger partial charge < -0.3 is 15.4 Å². The summed E-state index contributed by atoms with van der Waals surface area (Å²) in [6, 6.07) is 0.0386. The van der Waals surface area contributed by atoms with Crippen LogP contribution < -0.4 is 10.6 Å². The molecule has 0 unspecified atom stereocenters. The predicted molar refractivity (Wildman–Crippen MR) is 71.4 cm³/mol. The molecule has 18 heavy (non-hydrogen) atoms. The quantitative estimate of drug-likeness (QED) is 0.767. The van der Waals surface area contributed by atoms with Crippen molar-refractivity contribution in [3.63, 3.8) is 0 Å². The van der Waals surface area contributed by atoms with Gasteiger partial charge in [0.2, 0.25) is 5.91 Å². The van der Waals surface area contributed by atoms with Crippen LogP contribution in [0.5, 0.6) is 0 Å². The summed E-state index contributed by atoms with van der Waals surface area (Å²) in [5, 5.41) is 5.56. The lowest BCUT2D eigenvalue weighted by Gasteiger charge is -2.23. The Bertz CT molecular complexity index is 272. The van der Waals surface area contributed by atoms with Crippen molar-refractivity contribution >= 4 is 12.0 Å². The second-order valence-corrected chi connectivity index (χ2v) is 5.40. The number of hydrogen-bond donors (Lipinski definition) is 2. The Hall–Kier alpha value is -1.26. The van der Waals surface area contributed by atoms with Crippen LogP contribution in [-0.2, 0) is 9.53 Å². The van der Waals surface area contributed by atoms with E-state index in [4.69, 9.17) is 4.74 Å². The minimum Gasteiger partial charge on any atom is -0.444 e. The third-order valence-corrected chi connectivity index (χ3v) is 2.22. The highest BCUT2D eigenvalue weighted by molar-refractivity contribution is 5.72. The molecule has 0 radical (unpaired) electrons. The zero-order chi connectivity index (χ0) is 14.2. The van der Waals surface area contributed by atoms with Gasteiger partial charge in [-0.05, 0) is 33.6 Å². The van der Waals surface area contributed by atoms with Gasteiger partial charge in [-0.1, -0.05) is 13.3 Å². The first-order valence-electron chi connectivity index (χ1n) is 6.48. The molecule has 0 bridgehead atoms. The van der Waals surface area contributed by atoms with Crippen molar-refractivity contribution in [1.29, 1.82) is 0 Å². The van der Waals surface area contributed by atoms with E-state index in [1.165, 1.54) is 6.92 Å². The number of ether oxygens (including phenoxy) is 1. The van der Waals surface area contributed by atoms with Gasteiger partial charge >= 0.3 is 6.09 Å². The van der Waals surface area contributed by atoms with Gasteiger partial charge in [0.05, 0.1) is 0 Å². The van der Waals surface area contributed by atoms with Crippen molar-refractivity contribution in [2.45, 2.75) is 65.5 Å². The van der Waals surface area contributed by atoms with Crippen LogP contribution in [0.3, 0.4) is 0 Å². The van der Waals surface area contributed by atoms with Gasteiger partial charge in [-0.2, -0.15) is 0 Å². The molecule has 5 nitrogen and oxygen atoms in total. The average molecular weight is 258 g/mol. The minimum atomic E-state index is -0.488. The molecule has 0 aromatic rings. The normalized spacial score (nSPS) is 12.7. The molecule has 2 amide bonds. The molecular weight excluding hydrogens is 232 g/mol. The van der Waals surface area contributed by atoms with E-state index in [1.54, 1.807) is 0 Å². The molecule has 2 N–H and O–H groups in total. The lowest BCUT2D eigenvalue weighted by Crippen LogP contribution is -2.40. The Balaban J connectivity index is 4.09. The lowest BCUT2D eigenvalue weighted by molar-refractivity contribution is -0.118. The van der Waals surface area contributed by atoms with Gasteiger partial charge in [0.25, 0.3) is 0 Å². The molecule has 0 aromatic carbocycles. The number of alkyl carbamates (subject to hydrolysis) is 1. The SMILES string of the molecule is CCC[C@@H](CCNC(C)=O)NC(=O)OC(C)(C)C. The van der Waals surface area contributed by atoms with Crippen molar-refractivity contribution in [2.75, 3.05) is 6.54 Å². The fourth-order valence-corrected chi connectivity index (χ4v) is 1.53. The number of carbonyl (C=O) groups is 2. The number of hydrogen-bond acceptors (Lipinski definition) is 3. The Labute approximate surface area is 110 Å². The van der Waals surface area contributed by atoms with Crippen LogP contribution in [0, 0.1) is 0 Å². The predicted octanol–water partition coefficient (Wildman–Crippen LogP) is 2.21. The summed E-state index contributed by atoms with van der Waals surface area (Å²) in [5.41, 5.74) is -0.488. The van der Waals surface area contributed by atoms with E-state index < -0.39 is 11.7 Å². The molecule has 0 saturated carbocycles. The van der Waals surface area contributed by atoms with E-state index in [0.29, 0.717) is 13.0 Å². The summed E-state index contributed by atoms with van der Waals surface area (Å²) in [4.78, 5) is 22.4. The van der Waals surface area contributed by atoms with E-state index in [0.717, 1.165) is 12.8 Å². The van der Waals surface area contributed by atoms with Crippen LogP contribution in [0.1, 0.15) is 53.9 Å². The Morgan fingerprint density at radius 1 is 1.22 bits per heavy atom. The van der Waals surface area contributed by atoms with E-state index in [2.05, 4.69) is 17.6 Å². The molecule has 106 valence electrons. The van der Waals surface area contributed by atoms with Crippen LogP contribution >= 0.6 is 0 Å². The molecule has 0 aliphatic rings. The van der Waals surface area contributed by atoms with Gasteiger partial charge in [-0.25, -0.2) is 4.79 Å². The van der Waals surface area contributed by atoms with Crippen molar-refractivity contribution in [1.82, 2.24) is 10.6 Å². The zero-order valence-corrected chi connectivity index (χ0v) is 12.1. The highest BCUT2D eigenvalue weighted by Gasteiger charge is 2.18. The highest BCUT2D eigenvalue weighted by Crippen LogP contribution is 2.08. The highest BCUT2D eigenvalue weighted by atomic mass is 16.6. The summed E-state index contributed by atoms with van der Waals surface area (Å²) in [6.45, 7) is 9.60. The maximum Gasteiger partial charge on any atom is 0.407 e. The van der Waals surface area contributed by atoms with E-state index >= 15 is 0 Å². The molecule has 0 spiro atoms. The average Bonchev–Trinajstić information content (AvgIpc) is 2.13. The first-order valence-corrected chi connectivity index (χ1v) is 6.48. The maximum absolute atomic E-state index is 11.6. The van der Waals surface area contributed by atoms with Gasteiger partial charge in [0, 0.05) is 19.5 Å². The minimum absolute atomic E-state index is 0.0386. The molecule has 0 aliphatic carbocycles. The monoisotopic (exact) mass is 258 g/mol. The van der Waals surface area contributed by atoms with Gasteiger partial charge in [-0.15, -0.1) is 0 Å². The molecule has 0 aromatic heterocycles. The van der Waals surface area contributed by atoms with Crippen molar-refractivity contribution in [2.24, 2.45) is 0 Å². The Morgan fingerprint density at radius 3 is 2.28 bits per heavy atom. The summed E-state index contributed by atoms with van der Waals surface area (Å²) in [7, 11) is 0. The van der Waals surface area contributed by atoms with Gasteiger partial charge in [-0.3, -0.25) is 4.79 Å². The Morgan fingerprint density at radius 2 is 1.83 bits per heavy atom. The molecule has 1 atom stereocenters. The second-order valence-electron chi connectivity index (χ2n) is 5.40. The largest absolute Gasteiger partial charge is 0.444 e. The smallest absolute Gasteiger partial charge is 0.407 e. The number of carbonyl (C=O) groups excluding carboxylic acids is 2. The second kappa shape index (κ2) is 7.95. The molecule has 0 saturated heterocycles. The summed E-state index contributed by atoms with van der Waals surface area (Å²) in [6.07, 6.45) is 2.16. The van der Waals surface area contributed by atoms with Crippen LogP contribution in [0.2, 0.25) is 0 Å². The first kappa shape index (κ1) is 16.7. The third kappa shape index (κ3) is 9.93. The van der Waals surface area contributed by atoms with Crippen molar-refractivity contribution in [3.8, 4) is 0 Å². The van der Waals surface area contributed by atoms with Crippen LogP contribution in [0.25, 0.3) is 0 Å². The van der Waals surface area contributed by atoms with Crippen LogP contribution in [-0.4, -0.2) is 30.2 Å². The summed E-state index contributed by atoms with van der Waals surface area (Å²) in [5.74, 6) is -0.0532. The standard InChI is InChI=1S/C13H26N2O3/c1-6-7-11(8-9-14-10(2)16)15-12(17)18-13(3,4)5/h11H,6-9H2,1-5H3,(H,14,16)(H,15,17)/t11-/m0/s1. The number of amides is 2. The summed E-state index contributed by atoms with van der Waals surface area (Å²) < 4.78 is 5.20. The van der Waals surface area contributed by atoms with E-state index in [9.17, 15) is 9.59 Å². The zero-order valence-electron chi connectivity index (χ0n) is 12.1. The van der Waals surface area contributed by atoms with Crippen molar-refractivity contribution in [3.05, 3.63) is 0 Å². The van der Waals surface area contributed by atoms with Gasteiger partial charge in [0.15, 0.2) is 0 Å². The molecule has 0 rings (SSSR count). The van der Waals surface area contributed by atoms with Crippen LogP contribution in [0.4, 0.5) is 4.79 Å². The summed E-state index contributed by atoms with van der Waals surface area (Å²) >= 11 is 0. The van der Waals surface area contributed by atoms with Gasteiger partial charge in [0.1, 0.15) is 5.60 Å². The number of rotatable bonds is 6. The molecular formula is C13H26N2O3. The Kier molecular flexibility index (Phi) is 7.39. The van der Waals surface area contributed by atoms with E-state index in [1.807, 2.05) is 20.8 Å². The van der Waals surface area contributed by atoms with E-state index in [-0.39, 0.29) is 11.9 Å². The fourth-order valence-electron chi connectivity index (χ4n) is 1.53. The first-order chi connectivity index (χ1) is 8.24. The fraction of sp³-hybridized carbons (Fsp3) is 0.846. The van der Waals surface area contributed by atoms with Crippen molar-refractivity contribution < 1.29 is 14.3 Å². The molecule has 5 heteroatoms. The molecule has 0 aliphatic heterocycles. The molecule has 0 heterocycles. The molecule has 0 fully saturated rings. The topological polar surface area (TPSA) is 67.4 Å². The maximum atomic E-state index is 11.6. The third-order valence-electron chi connectivity index (χ3n) is 2.22. The lowest BCUT2D eigenvalue weighted by atomic mass is 10.1. The van der Waals surface area contributed by atoms with Crippen LogP contribution in [0.15, 0.2) is 0 Å².